The first kappa shape index (κ1) is 22.7. The summed E-state index contributed by atoms with van der Waals surface area (Å²) in [6.07, 6.45) is 0.354. The maximum absolute atomic E-state index is 12.9. The average molecular weight is 452 g/mol. The summed E-state index contributed by atoms with van der Waals surface area (Å²) in [5.41, 5.74) is 1.43. The summed E-state index contributed by atoms with van der Waals surface area (Å²) >= 11 is 6.41. The van der Waals surface area contributed by atoms with Crippen molar-refractivity contribution in [2.45, 2.75) is 24.3 Å². The molecule has 0 aliphatic carbocycles. The van der Waals surface area contributed by atoms with Gasteiger partial charge in [0.2, 0.25) is 15.9 Å². The largest absolute Gasteiger partial charge is 0.379 e. The van der Waals surface area contributed by atoms with Crippen molar-refractivity contribution in [1.29, 1.82) is 0 Å². The molecule has 1 aliphatic heterocycles. The summed E-state index contributed by atoms with van der Waals surface area (Å²) in [6.45, 7) is 4.52. The second kappa shape index (κ2) is 10.4. The summed E-state index contributed by atoms with van der Waals surface area (Å²) in [4.78, 5) is 13.8. The quantitative estimate of drug-likeness (QED) is 0.644. The standard InChI is InChI=1S/C21H26ClN3O4S/c1-2-21(26)24-16-7-9-17(10-8-16)30(27,28)23-15-20(25-11-13-29-14-12-25)18-5-3-4-6-19(18)22/h3-10,20,23H,2,11-15H2,1H3,(H,24,26). The highest BCUT2D eigenvalue weighted by atomic mass is 35.5. The number of benzene rings is 2. The van der Waals surface area contributed by atoms with Gasteiger partial charge in [-0.3, -0.25) is 9.69 Å². The lowest BCUT2D eigenvalue weighted by atomic mass is 10.0. The SMILES string of the molecule is CCC(=O)Nc1ccc(S(=O)(=O)NCC(c2ccccc2Cl)N2CCOCC2)cc1. The number of rotatable bonds is 8. The van der Waals surface area contributed by atoms with Crippen molar-refractivity contribution in [3.05, 3.63) is 59.1 Å². The van der Waals surface area contributed by atoms with Gasteiger partial charge in [0, 0.05) is 42.8 Å². The topological polar surface area (TPSA) is 87.7 Å². The first-order valence-electron chi connectivity index (χ1n) is 9.86. The third kappa shape index (κ3) is 5.80. The van der Waals surface area contributed by atoms with Crippen LogP contribution in [0.3, 0.4) is 0 Å². The van der Waals surface area contributed by atoms with Gasteiger partial charge in [-0.25, -0.2) is 13.1 Å². The van der Waals surface area contributed by atoms with Crippen LogP contribution < -0.4 is 10.0 Å². The molecule has 1 heterocycles. The number of nitrogens with zero attached hydrogens (tertiary/aromatic N) is 1. The molecule has 2 aromatic rings. The Morgan fingerprint density at radius 3 is 2.43 bits per heavy atom. The monoisotopic (exact) mass is 451 g/mol. The first-order valence-corrected chi connectivity index (χ1v) is 11.7. The zero-order valence-corrected chi connectivity index (χ0v) is 18.4. The molecule has 2 N–H and O–H groups in total. The molecule has 0 saturated carbocycles. The Bertz CT molecular complexity index is 960. The van der Waals surface area contributed by atoms with E-state index in [0.717, 1.165) is 5.56 Å². The molecule has 1 aliphatic rings. The van der Waals surface area contributed by atoms with E-state index in [1.165, 1.54) is 12.1 Å². The van der Waals surface area contributed by atoms with Gasteiger partial charge in [0.05, 0.1) is 18.1 Å². The maximum atomic E-state index is 12.9. The van der Waals surface area contributed by atoms with E-state index < -0.39 is 10.0 Å². The minimum atomic E-state index is -3.73. The van der Waals surface area contributed by atoms with Crippen molar-refractivity contribution in [3.8, 4) is 0 Å². The third-order valence-corrected chi connectivity index (χ3v) is 6.77. The van der Waals surface area contributed by atoms with E-state index in [1.807, 2.05) is 24.3 Å². The number of sulfonamides is 1. The fourth-order valence-corrected chi connectivity index (χ4v) is 4.61. The van der Waals surface area contributed by atoms with Crippen molar-refractivity contribution in [1.82, 2.24) is 9.62 Å². The number of halogens is 1. The molecule has 0 aromatic heterocycles. The number of carbonyl (C=O) groups is 1. The van der Waals surface area contributed by atoms with Crippen LogP contribution in [0.15, 0.2) is 53.4 Å². The van der Waals surface area contributed by atoms with Crippen LogP contribution in [-0.2, 0) is 19.6 Å². The molecule has 1 saturated heterocycles. The highest BCUT2D eigenvalue weighted by Gasteiger charge is 2.26. The van der Waals surface area contributed by atoms with Gasteiger partial charge in [0.25, 0.3) is 0 Å². The lowest BCUT2D eigenvalue weighted by Crippen LogP contribution is -2.43. The summed E-state index contributed by atoms with van der Waals surface area (Å²) < 4.78 is 33.8. The number of hydrogen-bond acceptors (Lipinski definition) is 5. The van der Waals surface area contributed by atoms with E-state index in [2.05, 4.69) is 14.9 Å². The van der Waals surface area contributed by atoms with Crippen molar-refractivity contribution in [2.75, 3.05) is 38.2 Å². The number of anilines is 1. The Labute approximate surface area is 182 Å². The van der Waals surface area contributed by atoms with Crippen molar-refractivity contribution in [3.63, 3.8) is 0 Å². The summed E-state index contributed by atoms with van der Waals surface area (Å²) in [7, 11) is -3.73. The van der Waals surface area contributed by atoms with Gasteiger partial charge in [0.15, 0.2) is 0 Å². The summed E-state index contributed by atoms with van der Waals surface area (Å²) in [6, 6.07) is 13.4. The number of morpholine rings is 1. The van der Waals surface area contributed by atoms with Crippen LogP contribution in [0.5, 0.6) is 0 Å². The first-order chi connectivity index (χ1) is 14.4. The fourth-order valence-electron chi connectivity index (χ4n) is 3.31. The molecular weight excluding hydrogens is 426 g/mol. The number of nitrogens with one attached hydrogen (secondary N) is 2. The third-order valence-electron chi connectivity index (χ3n) is 4.99. The molecule has 7 nitrogen and oxygen atoms in total. The van der Waals surface area contributed by atoms with E-state index in [4.69, 9.17) is 16.3 Å². The van der Waals surface area contributed by atoms with Gasteiger partial charge < -0.3 is 10.1 Å². The highest BCUT2D eigenvalue weighted by molar-refractivity contribution is 7.89. The van der Waals surface area contributed by atoms with Gasteiger partial charge in [-0.05, 0) is 35.9 Å². The van der Waals surface area contributed by atoms with Crippen molar-refractivity contribution < 1.29 is 17.9 Å². The predicted octanol–water partition coefficient (Wildman–Crippen LogP) is 3.04. The van der Waals surface area contributed by atoms with Crippen molar-refractivity contribution >= 4 is 33.2 Å². The molecule has 0 radical (unpaired) electrons. The molecule has 3 rings (SSSR count). The lowest BCUT2D eigenvalue weighted by Gasteiger charge is -2.35. The fraction of sp³-hybridized carbons (Fsp3) is 0.381. The van der Waals surface area contributed by atoms with E-state index >= 15 is 0 Å². The molecule has 162 valence electrons. The summed E-state index contributed by atoms with van der Waals surface area (Å²) in [5.74, 6) is -0.128. The Morgan fingerprint density at radius 1 is 1.13 bits per heavy atom. The molecule has 30 heavy (non-hydrogen) atoms. The molecule has 1 fully saturated rings. The minimum absolute atomic E-state index is 0.128. The number of carbonyl (C=O) groups excluding carboxylic acids is 1. The van der Waals surface area contributed by atoms with Crippen LogP contribution in [0.25, 0.3) is 0 Å². The van der Waals surface area contributed by atoms with Gasteiger partial charge >= 0.3 is 0 Å². The van der Waals surface area contributed by atoms with Crippen LogP contribution in [0.2, 0.25) is 5.02 Å². The van der Waals surface area contributed by atoms with E-state index in [0.29, 0.717) is 43.4 Å². The maximum Gasteiger partial charge on any atom is 0.240 e. The number of amides is 1. The Balaban J connectivity index is 1.75. The number of ether oxygens (including phenoxy) is 1. The van der Waals surface area contributed by atoms with Gasteiger partial charge in [-0.1, -0.05) is 36.7 Å². The second-order valence-corrected chi connectivity index (χ2v) is 9.14. The van der Waals surface area contributed by atoms with Crippen LogP contribution in [-0.4, -0.2) is 52.1 Å². The Morgan fingerprint density at radius 2 is 1.80 bits per heavy atom. The normalized spacial score (nSPS) is 16.2. The smallest absolute Gasteiger partial charge is 0.240 e. The summed E-state index contributed by atoms with van der Waals surface area (Å²) in [5, 5.41) is 3.30. The highest BCUT2D eigenvalue weighted by Crippen LogP contribution is 2.28. The van der Waals surface area contributed by atoms with Crippen LogP contribution in [0.4, 0.5) is 5.69 Å². The Kier molecular flexibility index (Phi) is 7.85. The zero-order chi connectivity index (χ0) is 21.6. The minimum Gasteiger partial charge on any atom is -0.379 e. The van der Waals surface area contributed by atoms with Gasteiger partial charge in [0.1, 0.15) is 0 Å². The molecule has 1 amide bonds. The molecule has 0 spiro atoms. The Hall–Kier alpha value is -1.97. The van der Waals surface area contributed by atoms with Gasteiger partial charge in [-0.15, -0.1) is 0 Å². The lowest BCUT2D eigenvalue weighted by molar-refractivity contribution is -0.115. The van der Waals surface area contributed by atoms with Crippen LogP contribution >= 0.6 is 11.6 Å². The number of hydrogen-bond donors (Lipinski definition) is 2. The predicted molar refractivity (Wildman–Crippen MR) is 117 cm³/mol. The van der Waals surface area contributed by atoms with E-state index in [9.17, 15) is 13.2 Å². The molecule has 0 bridgehead atoms. The molecule has 1 atom stereocenters. The van der Waals surface area contributed by atoms with Crippen LogP contribution in [0.1, 0.15) is 24.9 Å². The van der Waals surface area contributed by atoms with Crippen LogP contribution in [0, 0.1) is 0 Å². The molecule has 1 unspecified atom stereocenters. The second-order valence-electron chi connectivity index (χ2n) is 6.96. The van der Waals surface area contributed by atoms with Gasteiger partial charge in [-0.2, -0.15) is 0 Å². The average Bonchev–Trinajstić information content (AvgIpc) is 2.76. The molecule has 2 aromatic carbocycles. The molecule has 9 heteroatoms. The van der Waals surface area contributed by atoms with Crippen molar-refractivity contribution in [2.24, 2.45) is 0 Å². The van der Waals surface area contributed by atoms with E-state index in [-0.39, 0.29) is 23.4 Å². The van der Waals surface area contributed by atoms with E-state index in [1.54, 1.807) is 19.1 Å². The molecular formula is C21H26ClN3O4S. The zero-order valence-electron chi connectivity index (χ0n) is 16.8.